The molecule has 0 saturated heterocycles. The van der Waals surface area contributed by atoms with E-state index in [0.717, 1.165) is 6.04 Å². The molecule has 1 N–H and O–H groups in total. The standard InChI is InChI=1S/C16H26N2/c1-2-3-13-18(16-8-5-4-6-9-16)14-7-12-17-15-10-11-15/h4-6,8-9,15,17H,2-3,7,10-14H2,1H3. The number of benzene rings is 1. The molecule has 1 aromatic carbocycles. The fourth-order valence-electron chi connectivity index (χ4n) is 2.22. The summed E-state index contributed by atoms with van der Waals surface area (Å²) >= 11 is 0. The first-order valence-electron chi connectivity index (χ1n) is 7.43. The molecule has 100 valence electrons. The van der Waals surface area contributed by atoms with Gasteiger partial charge in [0.05, 0.1) is 0 Å². The molecule has 0 atom stereocenters. The summed E-state index contributed by atoms with van der Waals surface area (Å²) in [6.07, 6.45) is 6.57. The lowest BCUT2D eigenvalue weighted by Crippen LogP contribution is -2.28. The number of nitrogens with one attached hydrogen (secondary N) is 1. The van der Waals surface area contributed by atoms with Crippen LogP contribution in [0.2, 0.25) is 0 Å². The van der Waals surface area contributed by atoms with E-state index in [-0.39, 0.29) is 0 Å². The summed E-state index contributed by atoms with van der Waals surface area (Å²) < 4.78 is 0. The fourth-order valence-corrected chi connectivity index (χ4v) is 2.22. The van der Waals surface area contributed by atoms with Gasteiger partial charge >= 0.3 is 0 Å². The van der Waals surface area contributed by atoms with Gasteiger partial charge in [-0.3, -0.25) is 0 Å². The van der Waals surface area contributed by atoms with Gasteiger partial charge in [-0.15, -0.1) is 0 Å². The molecule has 1 aliphatic rings. The monoisotopic (exact) mass is 246 g/mol. The van der Waals surface area contributed by atoms with Crippen molar-refractivity contribution in [3.05, 3.63) is 30.3 Å². The van der Waals surface area contributed by atoms with Crippen LogP contribution in [0.5, 0.6) is 0 Å². The van der Waals surface area contributed by atoms with E-state index < -0.39 is 0 Å². The molecular formula is C16H26N2. The highest BCUT2D eigenvalue weighted by Crippen LogP contribution is 2.18. The van der Waals surface area contributed by atoms with Gasteiger partial charge < -0.3 is 10.2 Å². The number of rotatable bonds is 9. The van der Waals surface area contributed by atoms with Gasteiger partial charge in [0.25, 0.3) is 0 Å². The first kappa shape index (κ1) is 13.4. The van der Waals surface area contributed by atoms with Gasteiger partial charge in [-0.25, -0.2) is 0 Å². The van der Waals surface area contributed by atoms with Crippen LogP contribution in [0.3, 0.4) is 0 Å². The van der Waals surface area contributed by atoms with E-state index in [4.69, 9.17) is 0 Å². The highest BCUT2D eigenvalue weighted by molar-refractivity contribution is 5.45. The maximum absolute atomic E-state index is 3.59. The number of hydrogen-bond donors (Lipinski definition) is 1. The number of hydrogen-bond acceptors (Lipinski definition) is 2. The van der Waals surface area contributed by atoms with Crippen molar-refractivity contribution < 1.29 is 0 Å². The van der Waals surface area contributed by atoms with Crippen molar-refractivity contribution in [1.29, 1.82) is 0 Å². The Kier molecular flexibility index (Phi) is 5.53. The van der Waals surface area contributed by atoms with Crippen LogP contribution in [-0.4, -0.2) is 25.7 Å². The Morgan fingerprint density at radius 3 is 2.50 bits per heavy atom. The van der Waals surface area contributed by atoms with Gasteiger partial charge in [0, 0.05) is 24.8 Å². The SMILES string of the molecule is CCCCN(CCCNC1CC1)c1ccccc1. The lowest BCUT2D eigenvalue weighted by atomic mass is 10.2. The topological polar surface area (TPSA) is 15.3 Å². The molecule has 1 fully saturated rings. The lowest BCUT2D eigenvalue weighted by molar-refractivity contribution is 0.620. The van der Waals surface area contributed by atoms with Crippen molar-refractivity contribution >= 4 is 5.69 Å². The summed E-state index contributed by atoms with van der Waals surface area (Å²) in [6, 6.07) is 11.7. The third kappa shape index (κ3) is 4.69. The van der Waals surface area contributed by atoms with Gasteiger partial charge in [-0.05, 0) is 44.4 Å². The Morgan fingerprint density at radius 2 is 1.83 bits per heavy atom. The summed E-state index contributed by atoms with van der Waals surface area (Å²) in [5.41, 5.74) is 1.37. The molecule has 0 aromatic heterocycles. The summed E-state index contributed by atoms with van der Waals surface area (Å²) in [7, 11) is 0. The minimum atomic E-state index is 0.839. The lowest BCUT2D eigenvalue weighted by Gasteiger charge is -2.24. The van der Waals surface area contributed by atoms with Crippen LogP contribution >= 0.6 is 0 Å². The van der Waals surface area contributed by atoms with E-state index in [1.165, 1.54) is 57.4 Å². The Morgan fingerprint density at radius 1 is 1.11 bits per heavy atom. The van der Waals surface area contributed by atoms with Gasteiger partial charge in [0.1, 0.15) is 0 Å². The molecule has 2 nitrogen and oxygen atoms in total. The minimum absolute atomic E-state index is 0.839. The second-order valence-corrected chi connectivity index (χ2v) is 5.26. The van der Waals surface area contributed by atoms with E-state index >= 15 is 0 Å². The number of para-hydroxylation sites is 1. The third-order valence-corrected chi connectivity index (χ3v) is 3.52. The van der Waals surface area contributed by atoms with Gasteiger partial charge in [-0.2, -0.15) is 0 Å². The molecule has 2 rings (SSSR count). The quantitative estimate of drug-likeness (QED) is 0.672. The fraction of sp³-hybridized carbons (Fsp3) is 0.625. The predicted octanol–water partition coefficient (Wildman–Crippen LogP) is 3.44. The van der Waals surface area contributed by atoms with Crippen LogP contribution < -0.4 is 10.2 Å². The Balaban J connectivity index is 1.76. The Bertz CT molecular complexity index is 319. The van der Waals surface area contributed by atoms with Crippen LogP contribution in [0.15, 0.2) is 30.3 Å². The summed E-state index contributed by atoms with van der Waals surface area (Å²) in [5.74, 6) is 0. The number of anilines is 1. The summed E-state index contributed by atoms with van der Waals surface area (Å²) in [4.78, 5) is 2.53. The smallest absolute Gasteiger partial charge is 0.0366 e. The number of nitrogens with zero attached hydrogens (tertiary/aromatic N) is 1. The van der Waals surface area contributed by atoms with Gasteiger partial charge in [-0.1, -0.05) is 31.5 Å². The van der Waals surface area contributed by atoms with Crippen molar-refractivity contribution in [3.8, 4) is 0 Å². The molecule has 0 unspecified atom stereocenters. The predicted molar refractivity (Wildman–Crippen MR) is 79.2 cm³/mol. The molecule has 0 bridgehead atoms. The zero-order chi connectivity index (χ0) is 12.6. The largest absolute Gasteiger partial charge is 0.371 e. The molecule has 0 aliphatic heterocycles. The molecule has 0 amide bonds. The van der Waals surface area contributed by atoms with E-state index in [1.54, 1.807) is 0 Å². The van der Waals surface area contributed by atoms with Gasteiger partial charge in [0.2, 0.25) is 0 Å². The van der Waals surface area contributed by atoms with Crippen molar-refractivity contribution in [2.75, 3.05) is 24.5 Å². The zero-order valence-electron chi connectivity index (χ0n) is 11.6. The Labute approximate surface area is 111 Å². The highest BCUT2D eigenvalue weighted by atomic mass is 15.1. The van der Waals surface area contributed by atoms with Crippen molar-refractivity contribution in [3.63, 3.8) is 0 Å². The van der Waals surface area contributed by atoms with Crippen molar-refractivity contribution in [2.24, 2.45) is 0 Å². The normalized spacial score (nSPS) is 14.7. The second-order valence-electron chi connectivity index (χ2n) is 5.26. The van der Waals surface area contributed by atoms with Crippen LogP contribution in [-0.2, 0) is 0 Å². The van der Waals surface area contributed by atoms with Crippen molar-refractivity contribution in [1.82, 2.24) is 5.32 Å². The third-order valence-electron chi connectivity index (χ3n) is 3.52. The number of unbranched alkanes of at least 4 members (excludes halogenated alkanes) is 1. The van der Waals surface area contributed by atoms with Crippen molar-refractivity contribution in [2.45, 2.75) is 45.1 Å². The first-order chi connectivity index (χ1) is 8.90. The molecule has 1 aromatic rings. The minimum Gasteiger partial charge on any atom is -0.371 e. The second kappa shape index (κ2) is 7.42. The van der Waals surface area contributed by atoms with Crippen LogP contribution in [0.4, 0.5) is 5.69 Å². The maximum atomic E-state index is 3.59. The average molecular weight is 246 g/mol. The molecule has 1 saturated carbocycles. The Hall–Kier alpha value is -1.02. The summed E-state index contributed by atoms with van der Waals surface area (Å²) in [6.45, 7) is 5.78. The molecule has 0 radical (unpaired) electrons. The summed E-state index contributed by atoms with van der Waals surface area (Å²) in [5, 5.41) is 3.59. The average Bonchev–Trinajstić information content (AvgIpc) is 3.23. The molecule has 0 spiro atoms. The van der Waals surface area contributed by atoms with E-state index in [1.807, 2.05) is 0 Å². The van der Waals surface area contributed by atoms with E-state index in [2.05, 4.69) is 47.5 Å². The van der Waals surface area contributed by atoms with Gasteiger partial charge in [0.15, 0.2) is 0 Å². The highest BCUT2D eigenvalue weighted by Gasteiger charge is 2.19. The zero-order valence-corrected chi connectivity index (χ0v) is 11.6. The molecule has 18 heavy (non-hydrogen) atoms. The van der Waals surface area contributed by atoms with E-state index in [0.29, 0.717) is 0 Å². The van der Waals surface area contributed by atoms with Crippen LogP contribution in [0.25, 0.3) is 0 Å². The molecular weight excluding hydrogens is 220 g/mol. The van der Waals surface area contributed by atoms with Crippen LogP contribution in [0.1, 0.15) is 39.0 Å². The van der Waals surface area contributed by atoms with E-state index in [9.17, 15) is 0 Å². The van der Waals surface area contributed by atoms with Crippen LogP contribution in [0, 0.1) is 0 Å². The first-order valence-corrected chi connectivity index (χ1v) is 7.43. The molecule has 0 heterocycles. The molecule has 2 heteroatoms. The maximum Gasteiger partial charge on any atom is 0.0366 e. The molecule has 1 aliphatic carbocycles.